The van der Waals surface area contributed by atoms with Gasteiger partial charge in [-0.1, -0.05) is 92.3 Å². The van der Waals surface area contributed by atoms with Crippen molar-refractivity contribution in [2.75, 3.05) is 6.16 Å². The molecule has 1 aromatic carbocycles. The molecule has 1 rings (SSSR count). The highest BCUT2D eigenvalue weighted by atomic mass is 32.0. The summed E-state index contributed by atoms with van der Waals surface area (Å²) in [5.41, 5.74) is 0. The first-order valence-corrected chi connectivity index (χ1v) is 10.2. The van der Waals surface area contributed by atoms with Crippen LogP contribution in [0.3, 0.4) is 0 Å². The lowest BCUT2D eigenvalue weighted by atomic mass is 10.1. The molecule has 0 bridgehead atoms. The van der Waals surface area contributed by atoms with Gasteiger partial charge in [0.2, 0.25) is 0 Å². The molecule has 2 unspecified atom stereocenters. The molecular weight excluding hydrogens is 242 g/mol. The lowest BCUT2D eigenvalue weighted by Crippen LogP contribution is -1.88. The van der Waals surface area contributed by atoms with Crippen LogP contribution in [0.4, 0.5) is 0 Å². The van der Waals surface area contributed by atoms with Crippen LogP contribution in [-0.4, -0.2) is 6.16 Å². The summed E-state index contributed by atoms with van der Waals surface area (Å²) in [6.45, 7) is 2.28. The first-order valence-electron chi connectivity index (χ1n) is 6.97. The van der Waals surface area contributed by atoms with Gasteiger partial charge in [-0.25, -0.2) is 0 Å². The molecule has 0 aromatic heterocycles. The zero-order valence-electron chi connectivity index (χ0n) is 11.0. The van der Waals surface area contributed by atoms with E-state index in [0.29, 0.717) is 0 Å². The summed E-state index contributed by atoms with van der Waals surface area (Å²) in [5, 5.41) is 1.54. The van der Waals surface area contributed by atoms with Crippen molar-refractivity contribution in [1.29, 1.82) is 0 Å². The minimum Gasteiger partial charge on any atom is -0.0946 e. The summed E-state index contributed by atoms with van der Waals surface area (Å²) < 4.78 is 0. The predicted molar refractivity (Wildman–Crippen MR) is 85.6 cm³/mol. The van der Waals surface area contributed by atoms with E-state index in [-0.39, 0.29) is 0 Å². The minimum atomic E-state index is 1.04. The molecule has 1 aromatic rings. The van der Waals surface area contributed by atoms with Crippen molar-refractivity contribution in [1.82, 2.24) is 0 Å². The van der Waals surface area contributed by atoms with Gasteiger partial charge in [-0.05, 0) is 17.9 Å². The van der Waals surface area contributed by atoms with E-state index >= 15 is 0 Å². The average Bonchev–Trinajstić information content (AvgIpc) is 2.38. The molecule has 17 heavy (non-hydrogen) atoms. The zero-order chi connectivity index (χ0) is 12.2. The van der Waals surface area contributed by atoms with E-state index in [9.17, 15) is 0 Å². The van der Waals surface area contributed by atoms with Gasteiger partial charge in [0, 0.05) is 0 Å². The highest BCUT2D eigenvalue weighted by Gasteiger charge is 1.93. The Kier molecular flexibility index (Phi) is 9.96. The third-order valence-corrected chi connectivity index (χ3v) is 6.46. The Morgan fingerprint density at radius 2 is 1.47 bits per heavy atom. The van der Waals surface area contributed by atoms with Gasteiger partial charge in [0.1, 0.15) is 0 Å². The second-order valence-electron chi connectivity index (χ2n) is 4.54. The van der Waals surface area contributed by atoms with E-state index in [0.717, 1.165) is 16.5 Å². The third kappa shape index (κ3) is 8.76. The summed E-state index contributed by atoms with van der Waals surface area (Å²) in [4.78, 5) is 0. The fraction of sp³-hybridized carbons (Fsp3) is 0.600. The molecule has 2 heteroatoms. The van der Waals surface area contributed by atoms with Crippen LogP contribution in [0.25, 0.3) is 0 Å². The Morgan fingerprint density at radius 1 is 0.824 bits per heavy atom. The Morgan fingerprint density at radius 3 is 2.18 bits per heavy atom. The molecule has 0 radical (unpaired) electrons. The van der Waals surface area contributed by atoms with E-state index in [1.54, 1.807) is 0 Å². The molecule has 0 saturated carbocycles. The van der Waals surface area contributed by atoms with Gasteiger partial charge >= 0.3 is 0 Å². The summed E-state index contributed by atoms with van der Waals surface area (Å²) >= 11 is 0. The lowest BCUT2D eigenvalue weighted by molar-refractivity contribution is 0.603. The van der Waals surface area contributed by atoms with Crippen molar-refractivity contribution < 1.29 is 0 Å². The number of hydrogen-bond donors (Lipinski definition) is 0. The van der Waals surface area contributed by atoms with Crippen LogP contribution in [0.15, 0.2) is 30.3 Å². The SMILES string of the molecule is CCCCCCCCCPPc1ccccc1. The molecule has 0 aliphatic heterocycles. The molecule has 0 aliphatic carbocycles. The molecule has 0 nitrogen and oxygen atoms in total. The molecule has 0 heterocycles. The van der Waals surface area contributed by atoms with Crippen LogP contribution in [0.2, 0.25) is 0 Å². The van der Waals surface area contributed by atoms with E-state index in [1.165, 1.54) is 56.4 Å². The number of benzene rings is 1. The van der Waals surface area contributed by atoms with Crippen LogP contribution in [0, 0.1) is 0 Å². The summed E-state index contributed by atoms with van der Waals surface area (Å²) in [6.07, 6.45) is 11.5. The molecule has 0 amide bonds. The van der Waals surface area contributed by atoms with Crippen LogP contribution < -0.4 is 5.30 Å². The third-order valence-electron chi connectivity index (χ3n) is 2.91. The molecule has 0 fully saturated rings. The Hall–Kier alpha value is 0.0800. The maximum absolute atomic E-state index is 2.28. The quantitative estimate of drug-likeness (QED) is 0.397. The molecule has 96 valence electrons. The fourth-order valence-electron chi connectivity index (χ4n) is 1.86. The van der Waals surface area contributed by atoms with Crippen molar-refractivity contribution >= 4 is 21.8 Å². The smallest absolute Gasteiger partial charge is 0.0230 e. The maximum Gasteiger partial charge on any atom is -0.0230 e. The van der Waals surface area contributed by atoms with Crippen LogP contribution >= 0.6 is 16.5 Å². The van der Waals surface area contributed by atoms with E-state index in [2.05, 4.69) is 37.3 Å². The van der Waals surface area contributed by atoms with E-state index in [1.807, 2.05) is 0 Å². The number of rotatable bonds is 10. The second kappa shape index (κ2) is 11.2. The van der Waals surface area contributed by atoms with Gasteiger partial charge in [-0.3, -0.25) is 0 Å². The second-order valence-corrected chi connectivity index (χ2v) is 8.03. The number of unbranched alkanes of at least 4 members (excludes halogenated alkanes) is 6. The maximum atomic E-state index is 2.28. The first kappa shape index (κ1) is 15.1. The Bertz CT molecular complexity index is 259. The van der Waals surface area contributed by atoms with Gasteiger partial charge < -0.3 is 0 Å². The average molecular weight is 268 g/mol. The molecular formula is C15H26P2. The standard InChI is InChI=1S/C15H26P2/c1-2-3-4-5-6-7-11-14-16-17-15-12-9-8-10-13-15/h8-10,12-13,16-17H,2-7,11,14H2,1H3. The largest absolute Gasteiger partial charge is 0.0946 e. The Balaban J connectivity index is 1.85. The highest BCUT2D eigenvalue weighted by Crippen LogP contribution is 2.36. The van der Waals surface area contributed by atoms with Crippen molar-refractivity contribution in [3.05, 3.63) is 30.3 Å². The van der Waals surface area contributed by atoms with E-state index in [4.69, 9.17) is 0 Å². The lowest BCUT2D eigenvalue weighted by Gasteiger charge is -2.03. The van der Waals surface area contributed by atoms with Gasteiger partial charge in [-0.15, -0.1) is 0 Å². The molecule has 0 aliphatic rings. The first-order chi connectivity index (χ1) is 8.43. The molecule has 0 saturated heterocycles. The van der Waals surface area contributed by atoms with Crippen molar-refractivity contribution in [2.45, 2.75) is 51.9 Å². The normalized spacial score (nSPS) is 12.1. The summed E-state index contributed by atoms with van der Waals surface area (Å²) in [5.74, 6) is 0. The Labute approximate surface area is 110 Å². The topological polar surface area (TPSA) is 0 Å². The van der Waals surface area contributed by atoms with Gasteiger partial charge in [-0.2, -0.15) is 0 Å². The molecule has 2 atom stereocenters. The van der Waals surface area contributed by atoms with Crippen LogP contribution in [0.5, 0.6) is 0 Å². The van der Waals surface area contributed by atoms with Crippen molar-refractivity contribution in [2.24, 2.45) is 0 Å². The van der Waals surface area contributed by atoms with Gasteiger partial charge in [0.05, 0.1) is 0 Å². The zero-order valence-corrected chi connectivity index (χ0v) is 13.0. The summed E-state index contributed by atoms with van der Waals surface area (Å²) in [6, 6.07) is 10.9. The molecule has 0 N–H and O–H groups in total. The minimum absolute atomic E-state index is 1.04. The summed E-state index contributed by atoms with van der Waals surface area (Å²) in [7, 11) is 2.19. The predicted octanol–water partition coefficient (Wildman–Crippen LogP) is 5.33. The van der Waals surface area contributed by atoms with Gasteiger partial charge in [0.25, 0.3) is 0 Å². The monoisotopic (exact) mass is 268 g/mol. The van der Waals surface area contributed by atoms with Crippen molar-refractivity contribution in [3.8, 4) is 0 Å². The fourth-order valence-corrected chi connectivity index (χ4v) is 4.99. The van der Waals surface area contributed by atoms with E-state index < -0.39 is 0 Å². The van der Waals surface area contributed by atoms with Gasteiger partial charge in [0.15, 0.2) is 0 Å². The molecule has 0 spiro atoms. The number of hydrogen-bond acceptors (Lipinski definition) is 0. The highest BCUT2D eigenvalue weighted by molar-refractivity contribution is 8.15. The van der Waals surface area contributed by atoms with Crippen molar-refractivity contribution in [3.63, 3.8) is 0 Å². The van der Waals surface area contributed by atoms with Crippen LogP contribution in [0.1, 0.15) is 51.9 Å². The van der Waals surface area contributed by atoms with Crippen LogP contribution in [-0.2, 0) is 0 Å².